The number of rotatable bonds is 6. The SMILES string of the molecule is Cc1ccc(C(C)NC(=O)[C@@H](N)CCc2ccccc2)o1. The molecule has 4 nitrogen and oxygen atoms in total. The second-order valence-corrected chi connectivity index (χ2v) is 5.31. The highest BCUT2D eigenvalue weighted by molar-refractivity contribution is 5.81. The van der Waals surface area contributed by atoms with Gasteiger partial charge in [0, 0.05) is 0 Å². The van der Waals surface area contributed by atoms with E-state index in [1.54, 1.807) is 0 Å². The summed E-state index contributed by atoms with van der Waals surface area (Å²) in [6.07, 6.45) is 1.42. The molecule has 0 saturated heterocycles. The number of hydrogen-bond acceptors (Lipinski definition) is 3. The number of nitrogens with one attached hydrogen (secondary N) is 1. The van der Waals surface area contributed by atoms with E-state index in [9.17, 15) is 4.79 Å². The maximum atomic E-state index is 12.1. The molecule has 21 heavy (non-hydrogen) atoms. The third-order valence-electron chi connectivity index (χ3n) is 3.47. The van der Waals surface area contributed by atoms with Crippen molar-refractivity contribution >= 4 is 5.91 Å². The first kappa shape index (κ1) is 15.3. The van der Waals surface area contributed by atoms with Crippen molar-refractivity contribution in [2.45, 2.75) is 38.8 Å². The molecule has 0 aliphatic rings. The molecular weight excluding hydrogens is 264 g/mol. The van der Waals surface area contributed by atoms with Crippen LogP contribution in [0.1, 0.15) is 36.5 Å². The molecule has 2 aromatic rings. The van der Waals surface area contributed by atoms with Gasteiger partial charge in [0.15, 0.2) is 0 Å². The summed E-state index contributed by atoms with van der Waals surface area (Å²) in [6, 6.07) is 13.1. The molecule has 2 atom stereocenters. The van der Waals surface area contributed by atoms with Crippen molar-refractivity contribution in [1.29, 1.82) is 0 Å². The molecular formula is C17H22N2O2. The number of benzene rings is 1. The second kappa shape index (κ2) is 7.09. The zero-order valence-electron chi connectivity index (χ0n) is 12.5. The Morgan fingerprint density at radius 3 is 2.57 bits per heavy atom. The van der Waals surface area contributed by atoms with Crippen molar-refractivity contribution in [2.24, 2.45) is 5.73 Å². The molecule has 3 N–H and O–H groups in total. The fraction of sp³-hybridized carbons (Fsp3) is 0.353. The molecule has 1 unspecified atom stereocenters. The quantitative estimate of drug-likeness (QED) is 0.858. The summed E-state index contributed by atoms with van der Waals surface area (Å²) in [4.78, 5) is 12.1. The van der Waals surface area contributed by atoms with E-state index in [1.807, 2.05) is 56.3 Å². The molecule has 1 aromatic carbocycles. The summed E-state index contributed by atoms with van der Waals surface area (Å²) in [5.41, 5.74) is 7.14. The average Bonchev–Trinajstić information content (AvgIpc) is 2.92. The number of amides is 1. The number of hydrogen-bond donors (Lipinski definition) is 2. The van der Waals surface area contributed by atoms with Crippen molar-refractivity contribution < 1.29 is 9.21 Å². The monoisotopic (exact) mass is 286 g/mol. The van der Waals surface area contributed by atoms with Gasteiger partial charge in [-0.2, -0.15) is 0 Å². The van der Waals surface area contributed by atoms with Gasteiger partial charge in [-0.3, -0.25) is 4.79 Å². The Hall–Kier alpha value is -2.07. The third kappa shape index (κ3) is 4.46. The average molecular weight is 286 g/mol. The first-order chi connectivity index (χ1) is 10.1. The van der Waals surface area contributed by atoms with Gasteiger partial charge in [0.1, 0.15) is 11.5 Å². The summed E-state index contributed by atoms with van der Waals surface area (Å²) in [7, 11) is 0. The van der Waals surface area contributed by atoms with E-state index in [0.717, 1.165) is 17.9 Å². The summed E-state index contributed by atoms with van der Waals surface area (Å²) >= 11 is 0. The highest BCUT2D eigenvalue weighted by Gasteiger charge is 2.18. The largest absolute Gasteiger partial charge is 0.464 e. The van der Waals surface area contributed by atoms with Crippen LogP contribution in [-0.2, 0) is 11.2 Å². The lowest BCUT2D eigenvalue weighted by Crippen LogP contribution is -2.41. The molecule has 4 heteroatoms. The molecule has 0 saturated carbocycles. The van der Waals surface area contributed by atoms with E-state index in [2.05, 4.69) is 5.32 Å². The molecule has 1 heterocycles. The highest BCUT2D eigenvalue weighted by Crippen LogP contribution is 2.15. The standard InChI is InChI=1S/C17H22N2O2/c1-12-8-11-16(21-12)13(2)19-17(20)15(18)10-9-14-6-4-3-5-7-14/h3-8,11,13,15H,9-10,18H2,1-2H3,(H,19,20)/t13?,15-/m0/s1. The minimum Gasteiger partial charge on any atom is -0.464 e. The number of furan rings is 1. The van der Waals surface area contributed by atoms with Gasteiger partial charge in [-0.25, -0.2) is 0 Å². The number of aryl methyl sites for hydroxylation is 2. The van der Waals surface area contributed by atoms with E-state index in [4.69, 9.17) is 10.2 Å². The lowest BCUT2D eigenvalue weighted by atomic mass is 10.1. The van der Waals surface area contributed by atoms with Crippen molar-refractivity contribution in [2.75, 3.05) is 0 Å². The fourth-order valence-corrected chi connectivity index (χ4v) is 2.18. The van der Waals surface area contributed by atoms with Crippen LogP contribution in [0.4, 0.5) is 0 Å². The van der Waals surface area contributed by atoms with Crippen LogP contribution in [-0.4, -0.2) is 11.9 Å². The van der Waals surface area contributed by atoms with Crippen molar-refractivity contribution in [1.82, 2.24) is 5.32 Å². The van der Waals surface area contributed by atoms with Gasteiger partial charge >= 0.3 is 0 Å². The predicted molar refractivity (Wildman–Crippen MR) is 82.7 cm³/mol. The number of nitrogens with two attached hydrogens (primary N) is 1. The summed E-state index contributed by atoms with van der Waals surface area (Å²) in [6.45, 7) is 3.77. The lowest BCUT2D eigenvalue weighted by molar-refractivity contribution is -0.123. The molecule has 0 radical (unpaired) electrons. The van der Waals surface area contributed by atoms with Crippen LogP contribution in [0.15, 0.2) is 46.9 Å². The fourth-order valence-electron chi connectivity index (χ4n) is 2.18. The summed E-state index contributed by atoms with van der Waals surface area (Å²) < 4.78 is 5.50. The molecule has 0 bridgehead atoms. The molecule has 112 valence electrons. The van der Waals surface area contributed by atoms with Gasteiger partial charge in [-0.1, -0.05) is 30.3 Å². The van der Waals surface area contributed by atoms with E-state index >= 15 is 0 Å². The molecule has 2 rings (SSSR count). The zero-order valence-corrected chi connectivity index (χ0v) is 12.5. The summed E-state index contributed by atoms with van der Waals surface area (Å²) in [5.74, 6) is 1.43. The zero-order chi connectivity index (χ0) is 15.2. The normalized spacial score (nSPS) is 13.7. The van der Waals surface area contributed by atoms with E-state index in [1.165, 1.54) is 5.56 Å². The van der Waals surface area contributed by atoms with Gasteiger partial charge in [0.05, 0.1) is 12.1 Å². The van der Waals surface area contributed by atoms with Crippen LogP contribution in [0.25, 0.3) is 0 Å². The van der Waals surface area contributed by atoms with Gasteiger partial charge in [-0.15, -0.1) is 0 Å². The van der Waals surface area contributed by atoms with E-state index < -0.39 is 6.04 Å². The van der Waals surface area contributed by atoms with Crippen LogP contribution in [0.2, 0.25) is 0 Å². The maximum Gasteiger partial charge on any atom is 0.237 e. The van der Waals surface area contributed by atoms with E-state index in [-0.39, 0.29) is 11.9 Å². The molecule has 1 amide bonds. The minimum atomic E-state index is -0.510. The molecule has 0 fully saturated rings. The van der Waals surface area contributed by atoms with Gasteiger partial charge in [0.25, 0.3) is 0 Å². The Labute approximate surface area is 125 Å². The van der Waals surface area contributed by atoms with Gasteiger partial charge < -0.3 is 15.5 Å². The predicted octanol–water partition coefficient (Wildman–Crippen LogP) is 2.73. The lowest BCUT2D eigenvalue weighted by Gasteiger charge is -2.16. The molecule has 0 aliphatic heterocycles. The smallest absolute Gasteiger partial charge is 0.237 e. The Morgan fingerprint density at radius 1 is 1.24 bits per heavy atom. The molecule has 0 aliphatic carbocycles. The van der Waals surface area contributed by atoms with Gasteiger partial charge in [-0.05, 0) is 44.4 Å². The molecule has 1 aromatic heterocycles. The van der Waals surface area contributed by atoms with Crippen molar-refractivity contribution in [3.05, 3.63) is 59.5 Å². The Bertz CT molecular complexity index is 577. The Balaban J connectivity index is 1.82. The second-order valence-electron chi connectivity index (χ2n) is 5.31. The molecule has 0 spiro atoms. The van der Waals surface area contributed by atoms with Crippen LogP contribution >= 0.6 is 0 Å². The van der Waals surface area contributed by atoms with Gasteiger partial charge in [0.2, 0.25) is 5.91 Å². The Morgan fingerprint density at radius 2 is 1.95 bits per heavy atom. The number of carbonyl (C=O) groups is 1. The first-order valence-electron chi connectivity index (χ1n) is 7.22. The third-order valence-corrected chi connectivity index (χ3v) is 3.47. The first-order valence-corrected chi connectivity index (χ1v) is 7.22. The van der Waals surface area contributed by atoms with Crippen LogP contribution in [0.5, 0.6) is 0 Å². The maximum absolute atomic E-state index is 12.1. The summed E-state index contributed by atoms with van der Waals surface area (Å²) in [5, 5.41) is 2.89. The number of carbonyl (C=O) groups excluding carboxylic acids is 1. The minimum absolute atomic E-state index is 0.146. The van der Waals surface area contributed by atoms with Crippen molar-refractivity contribution in [3.63, 3.8) is 0 Å². The van der Waals surface area contributed by atoms with Crippen molar-refractivity contribution in [3.8, 4) is 0 Å². The highest BCUT2D eigenvalue weighted by atomic mass is 16.3. The van der Waals surface area contributed by atoms with Crippen LogP contribution in [0.3, 0.4) is 0 Å². The van der Waals surface area contributed by atoms with Crippen LogP contribution < -0.4 is 11.1 Å². The Kier molecular flexibility index (Phi) is 5.17. The van der Waals surface area contributed by atoms with E-state index in [0.29, 0.717) is 6.42 Å². The topological polar surface area (TPSA) is 68.3 Å². The van der Waals surface area contributed by atoms with Crippen LogP contribution in [0, 0.1) is 6.92 Å².